The maximum Gasteiger partial charge on any atom is 0.256 e. The van der Waals surface area contributed by atoms with E-state index in [-0.39, 0.29) is 24.3 Å². The fourth-order valence-electron chi connectivity index (χ4n) is 1.39. The van der Waals surface area contributed by atoms with Crippen molar-refractivity contribution in [2.75, 3.05) is 0 Å². The van der Waals surface area contributed by atoms with Crippen molar-refractivity contribution >= 4 is 11.2 Å². The smallest absolute Gasteiger partial charge is 0.256 e. The van der Waals surface area contributed by atoms with Gasteiger partial charge in [0.1, 0.15) is 5.52 Å². The zero-order chi connectivity index (χ0) is 11.7. The summed E-state index contributed by atoms with van der Waals surface area (Å²) >= 11 is 0. The van der Waals surface area contributed by atoms with Gasteiger partial charge in [-0.15, -0.1) is 0 Å². The monoisotopic (exact) mass is 243 g/mol. The molecule has 17 heavy (non-hydrogen) atoms. The number of rotatable bonds is 2. The molecule has 92 valence electrons. The standard InChI is InChI=1S/C9H7F2N3O2.CH4/c10-6(11)4-14-7(16)3-5(15)8-9(14)13-2-1-12-8;/h1-3,6,15H,4H2;1H4. The largest absolute Gasteiger partial charge is 0.505 e. The Hall–Kier alpha value is -2.05. The van der Waals surface area contributed by atoms with Crippen molar-refractivity contribution < 1.29 is 13.9 Å². The molecule has 2 rings (SSSR count). The van der Waals surface area contributed by atoms with E-state index in [1.54, 1.807) is 0 Å². The molecule has 0 aliphatic heterocycles. The van der Waals surface area contributed by atoms with Crippen LogP contribution in [-0.4, -0.2) is 26.1 Å². The van der Waals surface area contributed by atoms with Gasteiger partial charge in [-0.2, -0.15) is 0 Å². The second-order valence-corrected chi connectivity index (χ2v) is 3.10. The molecular weight excluding hydrogens is 232 g/mol. The van der Waals surface area contributed by atoms with E-state index in [2.05, 4.69) is 9.97 Å². The van der Waals surface area contributed by atoms with Crippen molar-refractivity contribution in [3.05, 3.63) is 28.8 Å². The maximum atomic E-state index is 12.3. The van der Waals surface area contributed by atoms with Crippen molar-refractivity contribution in [3.63, 3.8) is 0 Å². The molecule has 5 nitrogen and oxygen atoms in total. The lowest BCUT2D eigenvalue weighted by Gasteiger charge is -2.08. The summed E-state index contributed by atoms with van der Waals surface area (Å²) in [5.74, 6) is -0.362. The second-order valence-electron chi connectivity index (χ2n) is 3.10. The third-order valence-corrected chi connectivity index (χ3v) is 2.02. The van der Waals surface area contributed by atoms with Crippen LogP contribution in [0.3, 0.4) is 0 Å². The molecule has 1 N–H and O–H groups in total. The van der Waals surface area contributed by atoms with Gasteiger partial charge in [-0.05, 0) is 0 Å². The van der Waals surface area contributed by atoms with Crippen LogP contribution in [0.1, 0.15) is 7.43 Å². The Morgan fingerprint density at radius 3 is 2.65 bits per heavy atom. The molecule has 0 aliphatic rings. The van der Waals surface area contributed by atoms with E-state index < -0.39 is 18.5 Å². The summed E-state index contributed by atoms with van der Waals surface area (Å²) in [6.45, 7) is -0.770. The number of nitrogens with zero attached hydrogens (tertiary/aromatic N) is 3. The van der Waals surface area contributed by atoms with Crippen LogP contribution < -0.4 is 5.56 Å². The molecule has 2 heterocycles. The van der Waals surface area contributed by atoms with Crippen LogP contribution in [0.4, 0.5) is 8.78 Å². The summed E-state index contributed by atoms with van der Waals surface area (Å²) in [6.07, 6.45) is -0.102. The summed E-state index contributed by atoms with van der Waals surface area (Å²) in [5, 5.41) is 9.41. The zero-order valence-electron chi connectivity index (χ0n) is 7.97. The van der Waals surface area contributed by atoms with E-state index >= 15 is 0 Å². The molecule has 0 saturated heterocycles. The predicted molar refractivity (Wildman–Crippen MR) is 58.2 cm³/mol. The summed E-state index contributed by atoms with van der Waals surface area (Å²) in [4.78, 5) is 18.9. The van der Waals surface area contributed by atoms with Crippen LogP contribution >= 0.6 is 0 Å². The Morgan fingerprint density at radius 2 is 2.00 bits per heavy atom. The lowest BCUT2D eigenvalue weighted by atomic mass is 10.3. The van der Waals surface area contributed by atoms with E-state index in [9.17, 15) is 18.7 Å². The van der Waals surface area contributed by atoms with Crippen LogP contribution in [0.5, 0.6) is 5.75 Å². The fourth-order valence-corrected chi connectivity index (χ4v) is 1.39. The molecule has 2 aromatic rings. The minimum atomic E-state index is -2.67. The number of hydrogen-bond donors (Lipinski definition) is 1. The van der Waals surface area contributed by atoms with E-state index in [0.717, 1.165) is 10.6 Å². The SMILES string of the molecule is C.O=c1cc(O)c2nccnc2n1CC(F)F. The third-order valence-electron chi connectivity index (χ3n) is 2.02. The minimum absolute atomic E-state index is 0. The van der Waals surface area contributed by atoms with Gasteiger partial charge in [0.2, 0.25) is 0 Å². The molecule has 0 atom stereocenters. The van der Waals surface area contributed by atoms with Gasteiger partial charge in [0, 0.05) is 18.5 Å². The van der Waals surface area contributed by atoms with Crippen molar-refractivity contribution in [3.8, 4) is 5.75 Å². The molecular formula is C10H11F2N3O2. The molecule has 0 aromatic carbocycles. The Bertz CT molecular complexity index is 583. The molecule has 0 fully saturated rings. The first-order valence-corrected chi connectivity index (χ1v) is 4.41. The Labute approximate surface area is 95.4 Å². The van der Waals surface area contributed by atoms with Gasteiger partial charge in [-0.3, -0.25) is 9.36 Å². The average Bonchev–Trinajstić information content (AvgIpc) is 2.24. The number of pyridine rings is 1. The van der Waals surface area contributed by atoms with Crippen molar-refractivity contribution in [2.45, 2.75) is 20.4 Å². The Kier molecular flexibility index (Phi) is 3.72. The first-order chi connectivity index (χ1) is 7.59. The molecule has 0 spiro atoms. The van der Waals surface area contributed by atoms with Gasteiger partial charge in [0.25, 0.3) is 12.0 Å². The van der Waals surface area contributed by atoms with Gasteiger partial charge in [-0.25, -0.2) is 18.7 Å². The highest BCUT2D eigenvalue weighted by atomic mass is 19.3. The maximum absolute atomic E-state index is 12.3. The summed E-state index contributed by atoms with van der Waals surface area (Å²) in [5.41, 5.74) is -0.749. The second kappa shape index (κ2) is 4.86. The topological polar surface area (TPSA) is 68.0 Å². The fraction of sp³-hybridized carbons (Fsp3) is 0.300. The van der Waals surface area contributed by atoms with Crippen LogP contribution in [0.2, 0.25) is 0 Å². The lowest BCUT2D eigenvalue weighted by molar-refractivity contribution is 0.126. The molecule has 0 aliphatic carbocycles. The number of halogens is 2. The van der Waals surface area contributed by atoms with Crippen molar-refractivity contribution in [1.29, 1.82) is 0 Å². The predicted octanol–water partition coefficient (Wildman–Crippen LogP) is 1.40. The Morgan fingerprint density at radius 1 is 1.35 bits per heavy atom. The normalized spacial score (nSPS) is 10.5. The van der Waals surface area contributed by atoms with Crippen molar-refractivity contribution in [1.82, 2.24) is 14.5 Å². The molecule has 0 bridgehead atoms. The molecule has 0 unspecified atom stereocenters. The van der Waals surface area contributed by atoms with E-state index in [0.29, 0.717) is 0 Å². The number of aromatic nitrogens is 3. The summed E-state index contributed by atoms with van der Waals surface area (Å²) in [7, 11) is 0. The average molecular weight is 243 g/mol. The summed E-state index contributed by atoms with van der Waals surface area (Å²) < 4.78 is 25.3. The van der Waals surface area contributed by atoms with Gasteiger partial charge >= 0.3 is 0 Å². The van der Waals surface area contributed by atoms with E-state index in [1.807, 2.05) is 0 Å². The van der Waals surface area contributed by atoms with Crippen LogP contribution in [-0.2, 0) is 6.54 Å². The highest BCUT2D eigenvalue weighted by Gasteiger charge is 2.13. The first kappa shape index (κ1) is 13.0. The number of aromatic hydroxyl groups is 1. The minimum Gasteiger partial charge on any atom is -0.505 e. The van der Waals surface area contributed by atoms with E-state index in [1.165, 1.54) is 12.4 Å². The number of alkyl halides is 2. The zero-order valence-corrected chi connectivity index (χ0v) is 7.97. The van der Waals surface area contributed by atoms with Gasteiger partial charge < -0.3 is 5.11 Å². The summed E-state index contributed by atoms with van der Waals surface area (Å²) in [6, 6.07) is 0.847. The molecule has 0 amide bonds. The number of hydrogen-bond acceptors (Lipinski definition) is 4. The van der Waals surface area contributed by atoms with Crippen LogP contribution in [0.15, 0.2) is 23.3 Å². The Balaban J connectivity index is 0.00000144. The van der Waals surface area contributed by atoms with Crippen LogP contribution in [0, 0.1) is 0 Å². The van der Waals surface area contributed by atoms with Gasteiger partial charge in [-0.1, -0.05) is 7.43 Å². The van der Waals surface area contributed by atoms with Gasteiger partial charge in [0.15, 0.2) is 11.4 Å². The number of fused-ring (bicyclic) bond motifs is 1. The molecule has 0 radical (unpaired) electrons. The lowest BCUT2D eigenvalue weighted by Crippen LogP contribution is -2.23. The highest BCUT2D eigenvalue weighted by Crippen LogP contribution is 2.17. The highest BCUT2D eigenvalue weighted by molar-refractivity contribution is 5.76. The van der Waals surface area contributed by atoms with Crippen LogP contribution in [0.25, 0.3) is 11.2 Å². The van der Waals surface area contributed by atoms with Gasteiger partial charge in [0.05, 0.1) is 6.54 Å². The first-order valence-electron chi connectivity index (χ1n) is 4.41. The quantitative estimate of drug-likeness (QED) is 0.865. The molecule has 2 aromatic heterocycles. The van der Waals surface area contributed by atoms with Crippen molar-refractivity contribution in [2.24, 2.45) is 0 Å². The molecule has 0 saturated carbocycles. The third kappa shape index (κ3) is 2.38. The molecule has 7 heteroatoms. The van der Waals surface area contributed by atoms with E-state index in [4.69, 9.17) is 0 Å².